The molecule has 1 aliphatic rings. The highest BCUT2D eigenvalue weighted by Gasteiger charge is 2.32. The van der Waals surface area contributed by atoms with Crippen molar-refractivity contribution < 1.29 is 17.9 Å². The highest BCUT2D eigenvalue weighted by Crippen LogP contribution is 2.17. The molecule has 8 heteroatoms. The first-order valence-corrected chi connectivity index (χ1v) is 5.76. The monoisotopic (exact) mass is 277 g/mol. The lowest BCUT2D eigenvalue weighted by molar-refractivity contribution is -0.192. The molecule has 0 aromatic carbocycles. The van der Waals surface area contributed by atoms with E-state index in [1.54, 1.807) is 11.9 Å². The Balaban J connectivity index is 2.54. The van der Waals surface area contributed by atoms with Gasteiger partial charge in [-0.3, -0.25) is 9.80 Å². The fourth-order valence-electron chi connectivity index (χ4n) is 1.85. The second-order valence-corrected chi connectivity index (χ2v) is 4.25. The van der Waals surface area contributed by atoms with E-state index in [4.69, 9.17) is 10.00 Å². The Morgan fingerprint density at radius 2 is 1.95 bits per heavy atom. The van der Waals surface area contributed by atoms with Crippen molar-refractivity contribution in [1.29, 1.82) is 5.26 Å². The average Bonchev–Trinajstić information content (AvgIpc) is 2.33. The van der Waals surface area contributed by atoms with Gasteiger partial charge in [0.2, 0.25) is 0 Å². The van der Waals surface area contributed by atoms with E-state index in [-0.39, 0.29) is 6.54 Å². The molecule has 0 spiro atoms. The van der Waals surface area contributed by atoms with Gasteiger partial charge in [0.05, 0.1) is 25.4 Å². The molecule has 0 aromatic heterocycles. The largest absolute Gasteiger partial charge is 0.411 e. The zero-order valence-corrected chi connectivity index (χ0v) is 10.7. The van der Waals surface area contributed by atoms with Crippen molar-refractivity contribution >= 4 is 0 Å². The number of nitriles is 1. The van der Waals surface area contributed by atoms with E-state index >= 15 is 0 Å². The molecule has 1 unspecified atom stereocenters. The van der Waals surface area contributed by atoms with Crippen LogP contribution < -0.4 is 0 Å². The van der Waals surface area contributed by atoms with Crippen LogP contribution in [0.5, 0.6) is 0 Å². The van der Waals surface area contributed by atoms with Crippen LogP contribution in [0.1, 0.15) is 0 Å². The zero-order chi connectivity index (χ0) is 14.3. The van der Waals surface area contributed by atoms with Gasteiger partial charge in [-0.15, -0.1) is 0 Å². The minimum atomic E-state index is -4.33. The van der Waals surface area contributed by atoms with Crippen LogP contribution >= 0.6 is 0 Å². The number of hydrogen-bond acceptors (Lipinski definition) is 4. The number of nitrogens with zero attached hydrogens (tertiary/aromatic N) is 4. The fraction of sp³-hybridized carbons (Fsp3) is 0.818. The Kier molecular flexibility index (Phi) is 6.03. The number of hydrogen-bond donors (Lipinski definition) is 0. The Labute approximate surface area is 110 Å². The maximum absolute atomic E-state index is 12.1. The van der Waals surface area contributed by atoms with Gasteiger partial charge in [0.1, 0.15) is 13.2 Å². The van der Waals surface area contributed by atoms with Crippen molar-refractivity contribution in [2.45, 2.75) is 12.3 Å². The number of ether oxygens (including phenoxy) is 1. The summed E-state index contributed by atoms with van der Waals surface area (Å²) in [5.74, 6) is 0. The van der Waals surface area contributed by atoms with Crippen LogP contribution in [-0.2, 0) is 4.74 Å². The van der Waals surface area contributed by atoms with Gasteiger partial charge in [0, 0.05) is 13.1 Å². The van der Waals surface area contributed by atoms with Crippen LogP contribution in [0.2, 0.25) is 0 Å². The normalized spacial score (nSPS) is 21.5. The summed E-state index contributed by atoms with van der Waals surface area (Å²) in [5.41, 5.74) is 0. The molecule has 1 atom stereocenters. The SMILES string of the molecule is C[N+]#CCN1CC(OCC(F)(F)F)CN(CC#N)C1. The highest BCUT2D eigenvalue weighted by molar-refractivity contribution is 4.91. The van der Waals surface area contributed by atoms with E-state index in [2.05, 4.69) is 10.9 Å². The lowest BCUT2D eigenvalue weighted by atomic mass is 10.2. The lowest BCUT2D eigenvalue weighted by Crippen LogP contribution is -2.53. The fourth-order valence-corrected chi connectivity index (χ4v) is 1.85. The third-order valence-corrected chi connectivity index (χ3v) is 2.55. The molecule has 0 amide bonds. The number of halogens is 3. The van der Waals surface area contributed by atoms with Gasteiger partial charge in [-0.1, -0.05) is 4.85 Å². The summed E-state index contributed by atoms with van der Waals surface area (Å²) in [7, 11) is 1.58. The summed E-state index contributed by atoms with van der Waals surface area (Å²) in [4.78, 5) is 7.30. The molecule has 5 nitrogen and oxygen atoms in total. The Morgan fingerprint density at radius 1 is 1.32 bits per heavy atom. The lowest BCUT2D eigenvalue weighted by Gasteiger charge is -2.37. The second-order valence-electron chi connectivity index (χ2n) is 4.25. The predicted octanol–water partition coefficient (Wildman–Crippen LogP) is 0.995. The topological polar surface area (TPSA) is 43.9 Å². The van der Waals surface area contributed by atoms with Crippen LogP contribution in [0.25, 0.3) is 4.85 Å². The van der Waals surface area contributed by atoms with Crippen LogP contribution in [-0.4, -0.2) is 68.6 Å². The molecule has 1 fully saturated rings. The maximum atomic E-state index is 12.1. The summed E-state index contributed by atoms with van der Waals surface area (Å²) < 4.78 is 41.2. The van der Waals surface area contributed by atoms with Gasteiger partial charge in [-0.25, -0.2) is 0 Å². The average molecular weight is 277 g/mol. The first-order chi connectivity index (χ1) is 8.94. The molecule has 0 radical (unpaired) electrons. The minimum Gasteiger partial charge on any atom is -0.366 e. The quantitative estimate of drug-likeness (QED) is 0.719. The molecule has 0 aromatic rings. The van der Waals surface area contributed by atoms with Crippen LogP contribution in [0, 0.1) is 17.4 Å². The molecule has 0 aliphatic carbocycles. The van der Waals surface area contributed by atoms with Gasteiger partial charge in [-0.2, -0.15) is 18.4 Å². The third kappa shape index (κ3) is 6.39. The van der Waals surface area contributed by atoms with Crippen molar-refractivity contribution in [3.63, 3.8) is 0 Å². The number of rotatable bonds is 4. The molecular weight excluding hydrogens is 261 g/mol. The predicted molar refractivity (Wildman–Crippen MR) is 62.6 cm³/mol. The van der Waals surface area contributed by atoms with Crippen molar-refractivity contribution in [3.8, 4) is 12.1 Å². The number of alkyl halides is 3. The summed E-state index contributed by atoms with van der Waals surface area (Å²) in [6.07, 6.45) is -4.90. The molecule has 1 aliphatic heterocycles. The summed E-state index contributed by atoms with van der Waals surface area (Å²) >= 11 is 0. The van der Waals surface area contributed by atoms with E-state index < -0.39 is 18.9 Å². The molecule has 106 valence electrons. The van der Waals surface area contributed by atoms with Gasteiger partial charge in [0.15, 0.2) is 0 Å². The van der Waals surface area contributed by atoms with E-state index in [0.717, 1.165) is 0 Å². The molecule has 19 heavy (non-hydrogen) atoms. The first-order valence-electron chi connectivity index (χ1n) is 5.76. The summed E-state index contributed by atoms with van der Waals surface area (Å²) in [5, 5.41) is 8.66. The van der Waals surface area contributed by atoms with Gasteiger partial charge < -0.3 is 4.74 Å². The van der Waals surface area contributed by atoms with E-state index in [0.29, 0.717) is 26.3 Å². The summed E-state index contributed by atoms with van der Waals surface area (Å²) in [6, 6.07) is 4.72. The Morgan fingerprint density at radius 3 is 2.47 bits per heavy atom. The second kappa shape index (κ2) is 7.29. The van der Waals surface area contributed by atoms with Crippen molar-refractivity contribution in [2.75, 3.05) is 46.5 Å². The van der Waals surface area contributed by atoms with Gasteiger partial charge >= 0.3 is 6.18 Å². The van der Waals surface area contributed by atoms with Crippen LogP contribution in [0.15, 0.2) is 0 Å². The van der Waals surface area contributed by atoms with Crippen LogP contribution in [0.3, 0.4) is 0 Å². The zero-order valence-electron chi connectivity index (χ0n) is 10.7. The highest BCUT2D eigenvalue weighted by atomic mass is 19.4. The van der Waals surface area contributed by atoms with Crippen molar-refractivity contribution in [3.05, 3.63) is 4.85 Å². The molecule has 0 N–H and O–H groups in total. The molecular formula is C11H16F3N4O+. The Bertz CT molecular complexity index is 382. The standard InChI is InChI=1S/C11H16F3N4O/c1-16-3-5-18-7-10(19-8-11(12,13)14)6-17(9-18)4-2-15/h10H,4-9H2,1H3/q+1. The maximum Gasteiger partial charge on any atom is 0.411 e. The molecule has 0 bridgehead atoms. The molecule has 1 saturated heterocycles. The van der Waals surface area contributed by atoms with Crippen LogP contribution in [0.4, 0.5) is 13.2 Å². The Hall–Kier alpha value is -1.35. The molecule has 0 saturated carbocycles. The third-order valence-electron chi connectivity index (χ3n) is 2.55. The molecule has 1 heterocycles. The van der Waals surface area contributed by atoms with E-state index in [1.165, 1.54) is 0 Å². The molecule has 1 rings (SSSR count). The van der Waals surface area contributed by atoms with E-state index in [9.17, 15) is 13.2 Å². The first kappa shape index (κ1) is 15.7. The minimum absolute atomic E-state index is 0.158. The van der Waals surface area contributed by atoms with Gasteiger partial charge in [0.25, 0.3) is 13.1 Å². The smallest absolute Gasteiger partial charge is 0.366 e. The van der Waals surface area contributed by atoms with Crippen molar-refractivity contribution in [2.24, 2.45) is 0 Å². The van der Waals surface area contributed by atoms with Crippen molar-refractivity contribution in [1.82, 2.24) is 9.80 Å². The van der Waals surface area contributed by atoms with E-state index in [1.807, 2.05) is 11.0 Å². The summed E-state index contributed by atoms with van der Waals surface area (Å²) in [6.45, 7) is 0.499. The van der Waals surface area contributed by atoms with Gasteiger partial charge in [-0.05, 0) is 0 Å².